The highest BCUT2D eigenvalue weighted by Crippen LogP contribution is 2.18. The number of likely N-dealkylation sites (tertiary alicyclic amines) is 1. The van der Waals surface area contributed by atoms with Crippen molar-refractivity contribution < 1.29 is 9.59 Å². The van der Waals surface area contributed by atoms with E-state index in [1.807, 2.05) is 29.8 Å². The van der Waals surface area contributed by atoms with Crippen molar-refractivity contribution in [2.75, 3.05) is 40.3 Å². The molecule has 2 rings (SSSR count). The topological polar surface area (TPSA) is 70.5 Å². The second-order valence-electron chi connectivity index (χ2n) is 6.34. The van der Waals surface area contributed by atoms with E-state index in [1.165, 1.54) is 0 Å². The maximum Gasteiger partial charge on any atom is 0.225 e. The van der Waals surface area contributed by atoms with Crippen LogP contribution in [0.1, 0.15) is 19.3 Å². The van der Waals surface area contributed by atoms with E-state index in [1.54, 1.807) is 12.5 Å². The van der Waals surface area contributed by atoms with Crippen molar-refractivity contribution in [3.8, 4) is 0 Å². The van der Waals surface area contributed by atoms with E-state index in [0.717, 1.165) is 32.5 Å². The molecule has 128 valence electrons. The van der Waals surface area contributed by atoms with Crippen molar-refractivity contribution in [2.45, 2.75) is 25.8 Å². The Hall–Kier alpha value is -1.89. The Kier molecular flexibility index (Phi) is 6.58. The molecule has 1 aliphatic heterocycles. The lowest BCUT2D eigenvalue weighted by atomic mass is 10.1. The number of hydrogen-bond acceptors (Lipinski definition) is 4. The lowest BCUT2D eigenvalue weighted by Crippen LogP contribution is -2.34. The van der Waals surface area contributed by atoms with Crippen LogP contribution in [0.5, 0.6) is 0 Å². The molecule has 0 saturated carbocycles. The van der Waals surface area contributed by atoms with Gasteiger partial charge in [-0.1, -0.05) is 0 Å². The number of imidazole rings is 1. The third-order valence-corrected chi connectivity index (χ3v) is 4.07. The molecular formula is C16H27N5O2. The van der Waals surface area contributed by atoms with Crippen molar-refractivity contribution in [1.29, 1.82) is 0 Å². The molecular weight excluding hydrogens is 294 g/mol. The summed E-state index contributed by atoms with van der Waals surface area (Å²) in [5, 5.41) is 2.94. The number of hydrogen-bond donors (Lipinski definition) is 1. The lowest BCUT2D eigenvalue weighted by Gasteiger charge is -2.18. The number of rotatable bonds is 9. The largest absolute Gasteiger partial charge is 0.356 e. The summed E-state index contributed by atoms with van der Waals surface area (Å²) in [6.45, 7) is 3.71. The minimum absolute atomic E-state index is 0.000842. The summed E-state index contributed by atoms with van der Waals surface area (Å²) >= 11 is 0. The van der Waals surface area contributed by atoms with E-state index < -0.39 is 0 Å². The summed E-state index contributed by atoms with van der Waals surface area (Å²) in [7, 11) is 4.04. The molecule has 0 aliphatic carbocycles. The van der Waals surface area contributed by atoms with Gasteiger partial charge in [-0.15, -0.1) is 0 Å². The van der Waals surface area contributed by atoms with Crippen molar-refractivity contribution in [2.24, 2.45) is 5.92 Å². The zero-order valence-corrected chi connectivity index (χ0v) is 14.1. The number of amides is 2. The van der Waals surface area contributed by atoms with Crippen LogP contribution in [-0.4, -0.2) is 71.4 Å². The Bertz CT molecular complexity index is 501. The Balaban J connectivity index is 1.64. The van der Waals surface area contributed by atoms with Crippen LogP contribution in [0.25, 0.3) is 0 Å². The van der Waals surface area contributed by atoms with E-state index in [-0.39, 0.29) is 17.7 Å². The Morgan fingerprint density at radius 3 is 2.91 bits per heavy atom. The molecule has 2 heterocycles. The van der Waals surface area contributed by atoms with Gasteiger partial charge in [-0.05, 0) is 33.5 Å². The highest BCUT2D eigenvalue weighted by molar-refractivity contribution is 5.89. The van der Waals surface area contributed by atoms with Crippen LogP contribution >= 0.6 is 0 Å². The maximum atomic E-state index is 12.2. The zero-order valence-electron chi connectivity index (χ0n) is 14.1. The van der Waals surface area contributed by atoms with Gasteiger partial charge in [0.2, 0.25) is 11.8 Å². The van der Waals surface area contributed by atoms with Crippen LogP contribution in [0, 0.1) is 5.92 Å². The zero-order chi connectivity index (χ0) is 16.7. The second-order valence-corrected chi connectivity index (χ2v) is 6.34. The number of aryl methyl sites for hydroxylation is 1. The summed E-state index contributed by atoms with van der Waals surface area (Å²) in [6, 6.07) is 0. The normalized spacial score (nSPS) is 18.0. The average Bonchev–Trinajstić information content (AvgIpc) is 3.13. The summed E-state index contributed by atoms with van der Waals surface area (Å²) in [5.41, 5.74) is 0. The number of nitrogens with one attached hydrogen (secondary N) is 1. The standard InChI is InChI=1S/C16H27N5O2/c1-19(2)7-4-9-21-12-14(11-15(21)22)16(23)18-5-3-8-20-10-6-17-13-20/h6,10,13-14H,3-5,7-9,11-12H2,1-2H3,(H,18,23). The molecule has 1 N–H and O–H groups in total. The quantitative estimate of drug-likeness (QED) is 0.659. The first kappa shape index (κ1) is 17.5. The van der Waals surface area contributed by atoms with Crippen molar-refractivity contribution in [3.63, 3.8) is 0 Å². The minimum Gasteiger partial charge on any atom is -0.356 e. The van der Waals surface area contributed by atoms with Crippen LogP contribution in [0.2, 0.25) is 0 Å². The van der Waals surface area contributed by atoms with Crippen LogP contribution in [0.4, 0.5) is 0 Å². The van der Waals surface area contributed by atoms with Gasteiger partial charge in [0.25, 0.3) is 0 Å². The predicted molar refractivity (Wildman–Crippen MR) is 87.7 cm³/mol. The lowest BCUT2D eigenvalue weighted by molar-refractivity contribution is -0.129. The molecule has 1 aromatic rings. The third kappa shape index (κ3) is 5.67. The number of carbonyl (C=O) groups is 2. The minimum atomic E-state index is -0.199. The summed E-state index contributed by atoms with van der Waals surface area (Å²) in [6.07, 6.45) is 7.56. The molecule has 7 heteroatoms. The van der Waals surface area contributed by atoms with Crippen molar-refractivity contribution in [3.05, 3.63) is 18.7 Å². The molecule has 0 bridgehead atoms. The summed E-state index contributed by atoms with van der Waals surface area (Å²) in [4.78, 5) is 32.0. The van der Waals surface area contributed by atoms with Gasteiger partial charge in [-0.2, -0.15) is 0 Å². The van der Waals surface area contributed by atoms with Crippen molar-refractivity contribution >= 4 is 11.8 Å². The van der Waals surface area contributed by atoms with Gasteiger partial charge in [-0.3, -0.25) is 9.59 Å². The van der Waals surface area contributed by atoms with E-state index in [4.69, 9.17) is 0 Å². The summed E-state index contributed by atoms with van der Waals surface area (Å²) in [5.74, 6) is -0.100. The molecule has 1 atom stereocenters. The molecule has 1 aromatic heterocycles. The molecule has 0 aromatic carbocycles. The molecule has 23 heavy (non-hydrogen) atoms. The summed E-state index contributed by atoms with van der Waals surface area (Å²) < 4.78 is 1.98. The SMILES string of the molecule is CN(C)CCCN1CC(C(=O)NCCCn2ccnc2)CC1=O. The monoisotopic (exact) mass is 321 g/mol. The van der Waals surface area contributed by atoms with Crippen LogP contribution < -0.4 is 5.32 Å². The molecule has 1 fully saturated rings. The van der Waals surface area contributed by atoms with Crippen molar-refractivity contribution in [1.82, 2.24) is 24.7 Å². The molecule has 1 unspecified atom stereocenters. The average molecular weight is 321 g/mol. The molecule has 1 aliphatic rings. The van der Waals surface area contributed by atoms with Gasteiger partial charge in [0.05, 0.1) is 12.2 Å². The van der Waals surface area contributed by atoms with Crippen LogP contribution in [0.15, 0.2) is 18.7 Å². The van der Waals surface area contributed by atoms with Gasteiger partial charge in [-0.25, -0.2) is 4.98 Å². The smallest absolute Gasteiger partial charge is 0.225 e. The van der Waals surface area contributed by atoms with Gasteiger partial charge >= 0.3 is 0 Å². The third-order valence-electron chi connectivity index (χ3n) is 4.07. The maximum absolute atomic E-state index is 12.2. The fourth-order valence-electron chi connectivity index (χ4n) is 2.78. The highest BCUT2D eigenvalue weighted by Gasteiger charge is 2.33. The Labute approximate surface area is 137 Å². The molecule has 7 nitrogen and oxygen atoms in total. The molecule has 0 spiro atoms. The van der Waals surface area contributed by atoms with Gasteiger partial charge in [0, 0.05) is 45.0 Å². The van der Waals surface area contributed by atoms with Crippen LogP contribution in [-0.2, 0) is 16.1 Å². The van der Waals surface area contributed by atoms with E-state index >= 15 is 0 Å². The first-order chi connectivity index (χ1) is 11.1. The predicted octanol–water partition coefficient (Wildman–Crippen LogP) is 0.190. The first-order valence-corrected chi connectivity index (χ1v) is 8.22. The van der Waals surface area contributed by atoms with E-state index in [9.17, 15) is 9.59 Å². The van der Waals surface area contributed by atoms with Gasteiger partial charge < -0.3 is 19.7 Å². The molecule has 0 radical (unpaired) electrons. The molecule has 2 amide bonds. The number of aromatic nitrogens is 2. The van der Waals surface area contributed by atoms with Gasteiger partial charge in [0.1, 0.15) is 0 Å². The fraction of sp³-hybridized carbons (Fsp3) is 0.688. The Morgan fingerprint density at radius 1 is 1.39 bits per heavy atom. The number of carbonyl (C=O) groups excluding carboxylic acids is 2. The molecule has 1 saturated heterocycles. The Morgan fingerprint density at radius 2 is 2.22 bits per heavy atom. The van der Waals surface area contributed by atoms with Crippen LogP contribution in [0.3, 0.4) is 0 Å². The van der Waals surface area contributed by atoms with Gasteiger partial charge in [0.15, 0.2) is 0 Å². The fourth-order valence-corrected chi connectivity index (χ4v) is 2.78. The second kappa shape index (κ2) is 8.67. The first-order valence-electron chi connectivity index (χ1n) is 8.22. The number of nitrogens with zero attached hydrogens (tertiary/aromatic N) is 4. The van der Waals surface area contributed by atoms with E-state index in [2.05, 4.69) is 15.2 Å². The van der Waals surface area contributed by atoms with E-state index in [0.29, 0.717) is 19.5 Å². The highest BCUT2D eigenvalue weighted by atomic mass is 16.2.